The van der Waals surface area contributed by atoms with E-state index in [-0.39, 0.29) is 17.9 Å². The molecule has 2 heterocycles. The molecular weight excluding hydrogens is 402 g/mol. The molecular formula is C26H29N3O3. The molecule has 6 heteroatoms. The summed E-state index contributed by atoms with van der Waals surface area (Å²) in [7, 11) is 0. The van der Waals surface area contributed by atoms with Crippen LogP contribution < -0.4 is 10.2 Å². The highest BCUT2D eigenvalue weighted by molar-refractivity contribution is 6.05. The van der Waals surface area contributed by atoms with E-state index in [0.717, 1.165) is 24.2 Å². The number of aromatic nitrogens is 1. The first-order valence-corrected chi connectivity index (χ1v) is 11.1. The Labute approximate surface area is 188 Å². The van der Waals surface area contributed by atoms with Gasteiger partial charge in [-0.05, 0) is 55.0 Å². The monoisotopic (exact) mass is 431 g/mol. The van der Waals surface area contributed by atoms with Crippen molar-refractivity contribution in [3.8, 4) is 0 Å². The Morgan fingerprint density at radius 3 is 2.41 bits per heavy atom. The molecule has 2 N–H and O–H groups in total. The average Bonchev–Trinajstić information content (AvgIpc) is 2.73. The Morgan fingerprint density at radius 1 is 1.06 bits per heavy atom. The number of carboxylic acid groups (broad SMARTS) is 1. The van der Waals surface area contributed by atoms with Crippen LogP contribution in [-0.2, 0) is 11.2 Å². The first kappa shape index (κ1) is 21.8. The Hall–Kier alpha value is -3.41. The number of aryl methyl sites for hydroxylation is 1. The van der Waals surface area contributed by atoms with Crippen LogP contribution in [0.4, 0.5) is 11.5 Å². The van der Waals surface area contributed by atoms with Crippen LogP contribution in [0.1, 0.15) is 41.8 Å². The predicted octanol–water partition coefficient (Wildman–Crippen LogP) is 4.90. The van der Waals surface area contributed by atoms with Crippen LogP contribution in [0.25, 0.3) is 10.9 Å². The van der Waals surface area contributed by atoms with Gasteiger partial charge in [0, 0.05) is 24.2 Å². The lowest BCUT2D eigenvalue weighted by Crippen LogP contribution is -2.39. The van der Waals surface area contributed by atoms with Gasteiger partial charge in [-0.1, -0.05) is 43.7 Å². The molecule has 0 bridgehead atoms. The van der Waals surface area contributed by atoms with Crippen molar-refractivity contribution in [1.29, 1.82) is 0 Å². The van der Waals surface area contributed by atoms with Gasteiger partial charge < -0.3 is 15.3 Å². The van der Waals surface area contributed by atoms with Crippen molar-refractivity contribution in [2.24, 2.45) is 11.8 Å². The van der Waals surface area contributed by atoms with Crippen LogP contribution in [0.2, 0.25) is 0 Å². The van der Waals surface area contributed by atoms with E-state index in [1.54, 1.807) is 24.3 Å². The lowest BCUT2D eigenvalue weighted by atomic mass is 9.92. The molecule has 0 spiro atoms. The molecule has 1 amide bonds. The van der Waals surface area contributed by atoms with Gasteiger partial charge in [-0.2, -0.15) is 0 Å². The van der Waals surface area contributed by atoms with Gasteiger partial charge in [0.05, 0.1) is 17.5 Å². The second-order valence-electron chi connectivity index (χ2n) is 9.13. The van der Waals surface area contributed by atoms with Gasteiger partial charge in [0.25, 0.3) is 0 Å². The normalized spacial score (nSPS) is 18.5. The van der Waals surface area contributed by atoms with Gasteiger partial charge in [0.2, 0.25) is 5.91 Å². The van der Waals surface area contributed by atoms with Gasteiger partial charge in [0.15, 0.2) is 0 Å². The van der Waals surface area contributed by atoms with Crippen molar-refractivity contribution in [2.75, 3.05) is 23.3 Å². The van der Waals surface area contributed by atoms with Gasteiger partial charge in [-0.15, -0.1) is 0 Å². The van der Waals surface area contributed by atoms with Crippen molar-refractivity contribution in [1.82, 2.24) is 4.98 Å². The number of carboxylic acids is 1. The summed E-state index contributed by atoms with van der Waals surface area (Å²) in [6, 6.07) is 14.7. The van der Waals surface area contributed by atoms with E-state index in [2.05, 4.69) is 24.1 Å². The standard InChI is InChI=1S/C26H29N3O3/c1-16-4-6-19(7-5-16)11-25(30)27-20-8-9-23-21(12-20)22(26(31)32)13-24(28-23)29-14-17(2)10-18(3)15-29/h4-9,12-13,17-18H,10-11,14-15H2,1-3H3,(H,27,30)(H,31,32)/t17-,18-/m0/s1. The maximum Gasteiger partial charge on any atom is 0.336 e. The van der Waals surface area contributed by atoms with E-state index in [4.69, 9.17) is 4.98 Å². The SMILES string of the molecule is Cc1ccc(CC(=O)Nc2ccc3nc(N4C[C@@H](C)C[C@H](C)C4)cc(C(=O)O)c3c2)cc1. The average molecular weight is 432 g/mol. The van der Waals surface area contributed by atoms with Crippen LogP contribution in [-0.4, -0.2) is 35.1 Å². The molecule has 1 aromatic heterocycles. The lowest BCUT2D eigenvalue weighted by Gasteiger charge is -2.36. The molecule has 6 nitrogen and oxygen atoms in total. The lowest BCUT2D eigenvalue weighted by molar-refractivity contribution is -0.115. The first-order chi connectivity index (χ1) is 15.3. The summed E-state index contributed by atoms with van der Waals surface area (Å²) in [5.41, 5.74) is 3.45. The molecule has 0 radical (unpaired) electrons. The molecule has 1 aliphatic heterocycles. The zero-order chi connectivity index (χ0) is 22.8. The van der Waals surface area contributed by atoms with Gasteiger partial charge in [-0.25, -0.2) is 9.78 Å². The molecule has 2 atom stereocenters. The predicted molar refractivity (Wildman–Crippen MR) is 127 cm³/mol. The number of anilines is 2. The summed E-state index contributed by atoms with van der Waals surface area (Å²) < 4.78 is 0. The Kier molecular flexibility index (Phi) is 6.12. The second-order valence-corrected chi connectivity index (χ2v) is 9.13. The van der Waals surface area contributed by atoms with Gasteiger partial charge in [-0.3, -0.25) is 4.79 Å². The van der Waals surface area contributed by atoms with Crippen LogP contribution in [0, 0.1) is 18.8 Å². The van der Waals surface area contributed by atoms with Crippen molar-refractivity contribution in [2.45, 2.75) is 33.6 Å². The van der Waals surface area contributed by atoms with Crippen LogP contribution in [0.5, 0.6) is 0 Å². The van der Waals surface area contributed by atoms with Crippen molar-refractivity contribution in [3.63, 3.8) is 0 Å². The molecule has 1 aliphatic rings. The van der Waals surface area contributed by atoms with E-state index in [0.29, 0.717) is 34.2 Å². The largest absolute Gasteiger partial charge is 0.478 e. The minimum absolute atomic E-state index is 0.147. The number of aromatic carboxylic acids is 1. The molecule has 4 rings (SSSR count). The number of amides is 1. The third-order valence-corrected chi connectivity index (χ3v) is 5.99. The molecule has 0 unspecified atom stereocenters. The third-order valence-electron chi connectivity index (χ3n) is 5.99. The number of fused-ring (bicyclic) bond motifs is 1. The highest BCUT2D eigenvalue weighted by atomic mass is 16.4. The molecule has 1 fully saturated rings. The number of benzene rings is 2. The minimum Gasteiger partial charge on any atom is -0.478 e. The molecule has 0 aliphatic carbocycles. The van der Waals surface area contributed by atoms with Gasteiger partial charge in [0.1, 0.15) is 5.82 Å². The zero-order valence-corrected chi connectivity index (χ0v) is 18.8. The summed E-state index contributed by atoms with van der Waals surface area (Å²) >= 11 is 0. The van der Waals surface area contributed by atoms with Crippen LogP contribution in [0.15, 0.2) is 48.5 Å². The Balaban J connectivity index is 1.60. The second kappa shape index (κ2) is 8.99. The number of carbonyl (C=O) groups excluding carboxylic acids is 1. The summed E-state index contributed by atoms with van der Waals surface area (Å²) in [6.45, 7) is 8.18. The topological polar surface area (TPSA) is 82.5 Å². The summed E-state index contributed by atoms with van der Waals surface area (Å²) in [4.78, 5) is 31.5. The highest BCUT2D eigenvalue weighted by Crippen LogP contribution is 2.30. The summed E-state index contributed by atoms with van der Waals surface area (Å²) in [6.07, 6.45) is 1.42. The number of nitrogens with zero attached hydrogens (tertiary/aromatic N) is 2. The number of pyridine rings is 1. The molecule has 0 saturated carbocycles. The fraction of sp³-hybridized carbons (Fsp3) is 0.346. The number of hydrogen-bond acceptors (Lipinski definition) is 4. The number of carbonyl (C=O) groups is 2. The Morgan fingerprint density at radius 2 is 1.75 bits per heavy atom. The zero-order valence-electron chi connectivity index (χ0n) is 18.8. The van der Waals surface area contributed by atoms with Crippen LogP contribution >= 0.6 is 0 Å². The molecule has 166 valence electrons. The first-order valence-electron chi connectivity index (χ1n) is 11.1. The number of rotatable bonds is 5. The molecule has 2 aromatic carbocycles. The van der Waals surface area contributed by atoms with E-state index in [1.807, 2.05) is 31.2 Å². The number of nitrogens with one attached hydrogen (secondary N) is 1. The summed E-state index contributed by atoms with van der Waals surface area (Å²) in [5.74, 6) is 0.626. The fourth-order valence-corrected chi connectivity index (χ4v) is 4.58. The van der Waals surface area contributed by atoms with E-state index >= 15 is 0 Å². The Bertz CT molecular complexity index is 1150. The number of hydrogen-bond donors (Lipinski definition) is 2. The highest BCUT2D eigenvalue weighted by Gasteiger charge is 2.24. The summed E-state index contributed by atoms with van der Waals surface area (Å²) in [5, 5.41) is 13.3. The maximum absolute atomic E-state index is 12.5. The van der Waals surface area contributed by atoms with E-state index in [1.165, 1.54) is 6.42 Å². The quantitative estimate of drug-likeness (QED) is 0.600. The van der Waals surface area contributed by atoms with Crippen LogP contribution in [0.3, 0.4) is 0 Å². The van der Waals surface area contributed by atoms with E-state index in [9.17, 15) is 14.7 Å². The van der Waals surface area contributed by atoms with Crippen molar-refractivity contribution in [3.05, 3.63) is 65.2 Å². The third kappa shape index (κ3) is 4.90. The van der Waals surface area contributed by atoms with Crippen molar-refractivity contribution < 1.29 is 14.7 Å². The van der Waals surface area contributed by atoms with Crippen molar-refractivity contribution >= 4 is 34.3 Å². The van der Waals surface area contributed by atoms with Gasteiger partial charge >= 0.3 is 5.97 Å². The molecule has 32 heavy (non-hydrogen) atoms. The number of piperidine rings is 1. The molecule has 3 aromatic rings. The minimum atomic E-state index is -1.00. The smallest absolute Gasteiger partial charge is 0.336 e. The molecule has 1 saturated heterocycles. The van der Waals surface area contributed by atoms with E-state index < -0.39 is 5.97 Å². The fourth-order valence-electron chi connectivity index (χ4n) is 4.58. The maximum atomic E-state index is 12.5.